The van der Waals surface area contributed by atoms with Crippen molar-refractivity contribution in [3.8, 4) is 5.75 Å². The highest BCUT2D eigenvalue weighted by Crippen LogP contribution is 2.24. The molecule has 0 aliphatic heterocycles. The average molecular weight is 335 g/mol. The van der Waals surface area contributed by atoms with Gasteiger partial charge in [0.1, 0.15) is 5.75 Å². The molecule has 0 atom stereocenters. The molecule has 0 fully saturated rings. The summed E-state index contributed by atoms with van der Waals surface area (Å²) in [6.45, 7) is 3.96. The number of aryl methyl sites for hydroxylation is 1. The Kier molecular flexibility index (Phi) is 4.84. The van der Waals surface area contributed by atoms with Gasteiger partial charge in [-0.3, -0.25) is 4.79 Å². The van der Waals surface area contributed by atoms with Crippen molar-refractivity contribution in [1.82, 2.24) is 9.99 Å². The number of benzene rings is 2. The normalized spacial score (nSPS) is 11.2. The SMILES string of the molecule is Cc1cc(/C=N/NC(=O)COc2cccc3ccccc23)c(C)n1C. The van der Waals surface area contributed by atoms with E-state index in [1.54, 1.807) is 6.21 Å². The van der Waals surface area contributed by atoms with Gasteiger partial charge in [0.2, 0.25) is 0 Å². The second-order valence-electron chi connectivity index (χ2n) is 5.94. The molecule has 3 rings (SSSR count). The summed E-state index contributed by atoms with van der Waals surface area (Å²) in [7, 11) is 2.00. The Bertz CT molecular complexity index is 936. The van der Waals surface area contributed by atoms with E-state index in [2.05, 4.69) is 15.1 Å². The summed E-state index contributed by atoms with van der Waals surface area (Å²) in [5.41, 5.74) is 5.73. The van der Waals surface area contributed by atoms with E-state index in [1.165, 1.54) is 0 Å². The molecule has 3 aromatic rings. The monoisotopic (exact) mass is 335 g/mol. The number of hydrogen-bond acceptors (Lipinski definition) is 3. The number of hydrazone groups is 1. The Hall–Kier alpha value is -3.08. The zero-order valence-corrected chi connectivity index (χ0v) is 14.6. The molecule has 0 spiro atoms. The predicted molar refractivity (Wildman–Crippen MR) is 100 cm³/mol. The van der Waals surface area contributed by atoms with Gasteiger partial charge in [0.15, 0.2) is 6.61 Å². The van der Waals surface area contributed by atoms with E-state index >= 15 is 0 Å². The Morgan fingerprint density at radius 2 is 1.96 bits per heavy atom. The molecule has 0 bridgehead atoms. The zero-order valence-electron chi connectivity index (χ0n) is 14.6. The maximum atomic E-state index is 11.9. The Balaban J connectivity index is 1.59. The summed E-state index contributed by atoms with van der Waals surface area (Å²) < 4.78 is 7.72. The summed E-state index contributed by atoms with van der Waals surface area (Å²) in [6.07, 6.45) is 1.65. The van der Waals surface area contributed by atoms with Gasteiger partial charge < -0.3 is 9.30 Å². The van der Waals surface area contributed by atoms with Crippen LogP contribution in [0.15, 0.2) is 53.6 Å². The van der Waals surface area contributed by atoms with Crippen molar-refractivity contribution in [1.29, 1.82) is 0 Å². The topological polar surface area (TPSA) is 55.6 Å². The summed E-state index contributed by atoms with van der Waals surface area (Å²) >= 11 is 0. The van der Waals surface area contributed by atoms with E-state index in [4.69, 9.17) is 4.74 Å². The number of fused-ring (bicyclic) bond motifs is 1. The lowest BCUT2D eigenvalue weighted by Crippen LogP contribution is -2.24. The molecule has 0 unspecified atom stereocenters. The first-order chi connectivity index (χ1) is 12.1. The lowest BCUT2D eigenvalue weighted by Gasteiger charge is -2.08. The number of ether oxygens (including phenoxy) is 1. The quantitative estimate of drug-likeness (QED) is 0.574. The van der Waals surface area contributed by atoms with Crippen molar-refractivity contribution in [2.24, 2.45) is 12.1 Å². The van der Waals surface area contributed by atoms with Gasteiger partial charge in [-0.2, -0.15) is 5.10 Å². The zero-order chi connectivity index (χ0) is 17.8. The fourth-order valence-electron chi connectivity index (χ4n) is 2.69. The van der Waals surface area contributed by atoms with Crippen LogP contribution in [0, 0.1) is 13.8 Å². The van der Waals surface area contributed by atoms with Crippen LogP contribution in [-0.2, 0) is 11.8 Å². The standard InChI is InChI=1S/C20H21N3O2/c1-14-11-17(15(2)23(14)3)12-21-22-20(24)13-25-19-10-6-8-16-7-4-5-9-18(16)19/h4-12H,13H2,1-3H3,(H,22,24)/b21-12+. The molecule has 0 aliphatic carbocycles. The summed E-state index contributed by atoms with van der Waals surface area (Å²) in [6, 6.07) is 15.7. The van der Waals surface area contributed by atoms with Crippen molar-refractivity contribution in [2.45, 2.75) is 13.8 Å². The lowest BCUT2D eigenvalue weighted by atomic mass is 10.1. The molecule has 0 radical (unpaired) electrons. The second kappa shape index (κ2) is 7.21. The molecule has 5 nitrogen and oxygen atoms in total. The van der Waals surface area contributed by atoms with Gasteiger partial charge in [-0.05, 0) is 31.4 Å². The van der Waals surface area contributed by atoms with Crippen molar-refractivity contribution in [3.63, 3.8) is 0 Å². The van der Waals surface area contributed by atoms with Crippen molar-refractivity contribution >= 4 is 22.9 Å². The molecule has 0 aliphatic rings. The van der Waals surface area contributed by atoms with Crippen LogP contribution in [0.4, 0.5) is 0 Å². The smallest absolute Gasteiger partial charge is 0.277 e. The van der Waals surface area contributed by atoms with E-state index in [1.807, 2.05) is 69.4 Å². The van der Waals surface area contributed by atoms with Crippen molar-refractivity contribution < 1.29 is 9.53 Å². The summed E-state index contributed by atoms with van der Waals surface area (Å²) in [4.78, 5) is 11.9. The fraction of sp³-hybridized carbons (Fsp3) is 0.200. The third kappa shape index (κ3) is 3.71. The first kappa shape index (κ1) is 16.8. The summed E-state index contributed by atoms with van der Waals surface area (Å²) in [5.74, 6) is 0.390. The van der Waals surface area contributed by atoms with Crippen LogP contribution in [0.2, 0.25) is 0 Å². The molecule has 1 heterocycles. The van der Waals surface area contributed by atoms with Gasteiger partial charge in [-0.1, -0.05) is 36.4 Å². The number of rotatable bonds is 5. The number of aromatic nitrogens is 1. The molecule has 2 aromatic carbocycles. The molecule has 25 heavy (non-hydrogen) atoms. The number of hydrogen-bond donors (Lipinski definition) is 1. The van der Waals surface area contributed by atoms with Gasteiger partial charge >= 0.3 is 0 Å². The van der Waals surface area contributed by atoms with Crippen molar-refractivity contribution in [3.05, 3.63) is 65.5 Å². The largest absolute Gasteiger partial charge is 0.483 e. The molecular weight excluding hydrogens is 314 g/mol. The molecule has 1 amide bonds. The highest BCUT2D eigenvalue weighted by molar-refractivity contribution is 5.89. The van der Waals surface area contributed by atoms with Crippen LogP contribution in [0.5, 0.6) is 5.75 Å². The van der Waals surface area contributed by atoms with Crippen LogP contribution < -0.4 is 10.2 Å². The first-order valence-electron chi connectivity index (χ1n) is 8.11. The fourth-order valence-corrected chi connectivity index (χ4v) is 2.69. The highest BCUT2D eigenvalue weighted by Gasteiger charge is 2.06. The van der Waals surface area contributed by atoms with Gasteiger partial charge in [0.25, 0.3) is 5.91 Å². The second-order valence-corrected chi connectivity index (χ2v) is 5.94. The van der Waals surface area contributed by atoms with Gasteiger partial charge in [-0.15, -0.1) is 0 Å². The van der Waals surface area contributed by atoms with E-state index in [-0.39, 0.29) is 12.5 Å². The maximum absolute atomic E-state index is 11.9. The number of carbonyl (C=O) groups excluding carboxylic acids is 1. The van der Waals surface area contributed by atoms with Gasteiger partial charge in [-0.25, -0.2) is 5.43 Å². The summed E-state index contributed by atoms with van der Waals surface area (Å²) in [5, 5.41) is 6.07. The minimum absolute atomic E-state index is 0.0852. The van der Waals surface area contributed by atoms with E-state index in [9.17, 15) is 4.79 Å². The number of nitrogens with zero attached hydrogens (tertiary/aromatic N) is 2. The predicted octanol–water partition coefficient (Wildman–Crippen LogP) is 3.32. The van der Waals surface area contributed by atoms with Crippen LogP contribution >= 0.6 is 0 Å². The number of carbonyl (C=O) groups is 1. The van der Waals surface area contributed by atoms with Crippen LogP contribution in [0.3, 0.4) is 0 Å². The Morgan fingerprint density at radius 3 is 2.72 bits per heavy atom. The lowest BCUT2D eigenvalue weighted by molar-refractivity contribution is -0.123. The molecular formula is C20H21N3O2. The highest BCUT2D eigenvalue weighted by atomic mass is 16.5. The Morgan fingerprint density at radius 1 is 1.20 bits per heavy atom. The Labute approximate surface area is 146 Å². The third-order valence-electron chi connectivity index (χ3n) is 4.32. The van der Waals surface area contributed by atoms with Crippen LogP contribution in [-0.4, -0.2) is 23.3 Å². The van der Waals surface area contributed by atoms with E-state index in [0.29, 0.717) is 5.75 Å². The van der Waals surface area contributed by atoms with Gasteiger partial charge in [0.05, 0.1) is 6.21 Å². The number of nitrogens with one attached hydrogen (secondary N) is 1. The van der Waals surface area contributed by atoms with Crippen LogP contribution in [0.25, 0.3) is 10.8 Å². The number of amides is 1. The van der Waals surface area contributed by atoms with Gasteiger partial charge in [0, 0.05) is 29.4 Å². The van der Waals surface area contributed by atoms with E-state index in [0.717, 1.165) is 27.7 Å². The molecule has 1 N–H and O–H groups in total. The molecule has 5 heteroatoms. The molecule has 128 valence electrons. The minimum Gasteiger partial charge on any atom is -0.483 e. The third-order valence-corrected chi connectivity index (χ3v) is 4.32. The van der Waals surface area contributed by atoms with Crippen molar-refractivity contribution in [2.75, 3.05) is 6.61 Å². The minimum atomic E-state index is -0.297. The molecule has 1 aromatic heterocycles. The average Bonchev–Trinajstić information content (AvgIpc) is 2.87. The first-order valence-corrected chi connectivity index (χ1v) is 8.11. The van der Waals surface area contributed by atoms with Crippen LogP contribution in [0.1, 0.15) is 17.0 Å². The molecule has 0 saturated heterocycles. The molecule has 0 saturated carbocycles. The van der Waals surface area contributed by atoms with E-state index < -0.39 is 0 Å². The maximum Gasteiger partial charge on any atom is 0.277 e.